The number of amides is 1. The summed E-state index contributed by atoms with van der Waals surface area (Å²) in [5.74, 6) is -2.27. The largest absolute Gasteiger partial charge is 0.322 e. The summed E-state index contributed by atoms with van der Waals surface area (Å²) in [4.78, 5) is 14.7. The first-order valence-electron chi connectivity index (χ1n) is 6.22. The number of aryl methyl sites for hydroxylation is 2. The molecular weight excluding hydrogens is 262 g/mol. The Morgan fingerprint density at radius 1 is 1.15 bits per heavy atom. The first kappa shape index (κ1) is 14.1. The minimum atomic E-state index is -1.02. The van der Waals surface area contributed by atoms with Crippen LogP contribution in [0.2, 0.25) is 0 Å². The van der Waals surface area contributed by atoms with E-state index in [1.165, 1.54) is 0 Å². The quantitative estimate of drug-likeness (QED) is 0.871. The SMILES string of the molecule is Cc1ccc(CCC(=O)Nc2ccc(F)nc2F)cc1. The number of carbonyl (C=O) groups is 1. The van der Waals surface area contributed by atoms with Crippen molar-refractivity contribution in [3.8, 4) is 0 Å². The van der Waals surface area contributed by atoms with Gasteiger partial charge in [0.2, 0.25) is 17.8 Å². The van der Waals surface area contributed by atoms with Gasteiger partial charge in [0.1, 0.15) is 0 Å². The summed E-state index contributed by atoms with van der Waals surface area (Å²) >= 11 is 0. The molecule has 0 radical (unpaired) electrons. The topological polar surface area (TPSA) is 42.0 Å². The van der Waals surface area contributed by atoms with E-state index in [-0.39, 0.29) is 18.0 Å². The van der Waals surface area contributed by atoms with Gasteiger partial charge in [0.15, 0.2) is 0 Å². The maximum atomic E-state index is 13.3. The van der Waals surface area contributed by atoms with Gasteiger partial charge in [0, 0.05) is 6.42 Å². The fourth-order valence-electron chi connectivity index (χ4n) is 1.73. The van der Waals surface area contributed by atoms with Crippen LogP contribution >= 0.6 is 0 Å². The molecule has 0 aliphatic carbocycles. The molecule has 104 valence electrons. The van der Waals surface area contributed by atoms with Gasteiger partial charge in [-0.25, -0.2) is 0 Å². The van der Waals surface area contributed by atoms with Gasteiger partial charge in [-0.3, -0.25) is 4.79 Å². The van der Waals surface area contributed by atoms with Crippen LogP contribution in [0, 0.1) is 18.8 Å². The van der Waals surface area contributed by atoms with Crippen molar-refractivity contribution in [3.05, 3.63) is 59.4 Å². The van der Waals surface area contributed by atoms with E-state index in [2.05, 4.69) is 10.3 Å². The number of hydrogen-bond donors (Lipinski definition) is 1. The summed E-state index contributed by atoms with van der Waals surface area (Å²) in [6.45, 7) is 1.99. The van der Waals surface area contributed by atoms with Gasteiger partial charge in [-0.2, -0.15) is 13.8 Å². The number of pyridine rings is 1. The summed E-state index contributed by atoms with van der Waals surface area (Å²) in [7, 11) is 0. The highest BCUT2D eigenvalue weighted by Gasteiger charge is 2.09. The van der Waals surface area contributed by atoms with Crippen molar-refractivity contribution in [2.45, 2.75) is 19.8 Å². The number of anilines is 1. The van der Waals surface area contributed by atoms with Crippen molar-refractivity contribution in [2.75, 3.05) is 5.32 Å². The second-order valence-electron chi connectivity index (χ2n) is 4.51. The molecule has 0 atom stereocenters. The Labute approximate surface area is 115 Å². The molecule has 1 aromatic heterocycles. The number of nitrogens with zero attached hydrogens (tertiary/aromatic N) is 1. The lowest BCUT2D eigenvalue weighted by atomic mass is 10.1. The zero-order chi connectivity index (χ0) is 14.5. The molecule has 2 rings (SSSR count). The van der Waals surface area contributed by atoms with Crippen LogP contribution in [0.1, 0.15) is 17.5 Å². The zero-order valence-corrected chi connectivity index (χ0v) is 11.0. The highest BCUT2D eigenvalue weighted by molar-refractivity contribution is 5.90. The van der Waals surface area contributed by atoms with Crippen molar-refractivity contribution in [1.29, 1.82) is 0 Å². The normalized spacial score (nSPS) is 10.3. The van der Waals surface area contributed by atoms with E-state index in [0.717, 1.165) is 23.3 Å². The van der Waals surface area contributed by atoms with Gasteiger partial charge in [0.05, 0.1) is 5.69 Å². The molecule has 0 bridgehead atoms. The molecule has 1 aromatic carbocycles. The fourth-order valence-corrected chi connectivity index (χ4v) is 1.73. The number of halogens is 2. The first-order valence-corrected chi connectivity index (χ1v) is 6.22. The summed E-state index contributed by atoms with van der Waals surface area (Å²) in [6, 6.07) is 9.99. The van der Waals surface area contributed by atoms with Crippen molar-refractivity contribution >= 4 is 11.6 Å². The number of carbonyl (C=O) groups excluding carboxylic acids is 1. The van der Waals surface area contributed by atoms with E-state index in [1.807, 2.05) is 31.2 Å². The van der Waals surface area contributed by atoms with Crippen LogP contribution in [-0.4, -0.2) is 10.9 Å². The molecule has 1 heterocycles. The van der Waals surface area contributed by atoms with Crippen LogP contribution in [0.15, 0.2) is 36.4 Å². The summed E-state index contributed by atoms with van der Waals surface area (Å²) in [5, 5.41) is 2.38. The molecule has 2 aromatic rings. The molecule has 0 aliphatic heterocycles. The third kappa shape index (κ3) is 3.85. The minimum absolute atomic E-state index is 0.111. The highest BCUT2D eigenvalue weighted by atomic mass is 19.1. The Balaban J connectivity index is 1.90. The third-order valence-corrected chi connectivity index (χ3v) is 2.85. The number of hydrogen-bond acceptors (Lipinski definition) is 2. The Morgan fingerprint density at radius 2 is 1.85 bits per heavy atom. The molecule has 1 N–H and O–H groups in total. The van der Waals surface area contributed by atoms with Gasteiger partial charge in [-0.1, -0.05) is 29.8 Å². The van der Waals surface area contributed by atoms with Gasteiger partial charge in [-0.05, 0) is 31.0 Å². The van der Waals surface area contributed by atoms with E-state index < -0.39 is 11.9 Å². The highest BCUT2D eigenvalue weighted by Crippen LogP contribution is 2.13. The summed E-state index contributed by atoms with van der Waals surface area (Å²) in [5.41, 5.74) is 2.07. The van der Waals surface area contributed by atoms with Gasteiger partial charge < -0.3 is 5.32 Å². The molecule has 0 fully saturated rings. The van der Waals surface area contributed by atoms with E-state index in [9.17, 15) is 13.6 Å². The number of rotatable bonds is 4. The van der Waals surface area contributed by atoms with Crippen LogP contribution in [0.25, 0.3) is 0 Å². The monoisotopic (exact) mass is 276 g/mol. The number of nitrogens with one attached hydrogen (secondary N) is 1. The van der Waals surface area contributed by atoms with Crippen LogP contribution < -0.4 is 5.32 Å². The standard InChI is InChI=1S/C15H14F2N2O/c1-10-2-4-11(5-3-10)6-9-14(20)18-12-7-8-13(16)19-15(12)17/h2-5,7-8H,6,9H2,1H3,(H,18,20). The molecule has 0 aliphatic rings. The van der Waals surface area contributed by atoms with Crippen LogP contribution in [0.5, 0.6) is 0 Å². The predicted octanol–water partition coefficient (Wildman–Crippen LogP) is 3.24. The van der Waals surface area contributed by atoms with Crippen LogP contribution in [0.4, 0.5) is 14.5 Å². The lowest BCUT2D eigenvalue weighted by molar-refractivity contribution is -0.116. The molecule has 20 heavy (non-hydrogen) atoms. The Bertz CT molecular complexity index is 612. The van der Waals surface area contributed by atoms with Crippen molar-refractivity contribution < 1.29 is 13.6 Å². The van der Waals surface area contributed by atoms with E-state index in [4.69, 9.17) is 0 Å². The second-order valence-corrected chi connectivity index (χ2v) is 4.51. The molecule has 0 saturated heterocycles. The fraction of sp³-hybridized carbons (Fsp3) is 0.200. The maximum absolute atomic E-state index is 13.3. The second kappa shape index (κ2) is 6.23. The van der Waals surface area contributed by atoms with Crippen molar-refractivity contribution in [2.24, 2.45) is 0 Å². The molecule has 5 heteroatoms. The van der Waals surface area contributed by atoms with E-state index in [0.29, 0.717) is 6.42 Å². The Hall–Kier alpha value is -2.30. The number of benzene rings is 1. The molecule has 3 nitrogen and oxygen atoms in total. The van der Waals surface area contributed by atoms with E-state index in [1.54, 1.807) is 0 Å². The number of aromatic nitrogens is 1. The van der Waals surface area contributed by atoms with Crippen LogP contribution in [0.3, 0.4) is 0 Å². The average Bonchev–Trinajstić information content (AvgIpc) is 2.41. The molecule has 1 amide bonds. The average molecular weight is 276 g/mol. The van der Waals surface area contributed by atoms with Gasteiger partial charge >= 0.3 is 0 Å². The zero-order valence-electron chi connectivity index (χ0n) is 11.0. The van der Waals surface area contributed by atoms with Gasteiger partial charge in [-0.15, -0.1) is 0 Å². The molecular formula is C15H14F2N2O. The molecule has 0 unspecified atom stereocenters. The van der Waals surface area contributed by atoms with Crippen molar-refractivity contribution in [1.82, 2.24) is 4.98 Å². The van der Waals surface area contributed by atoms with E-state index >= 15 is 0 Å². The van der Waals surface area contributed by atoms with Gasteiger partial charge in [0.25, 0.3) is 0 Å². The Morgan fingerprint density at radius 3 is 2.50 bits per heavy atom. The van der Waals surface area contributed by atoms with Crippen LogP contribution in [-0.2, 0) is 11.2 Å². The smallest absolute Gasteiger partial charge is 0.239 e. The first-order chi connectivity index (χ1) is 9.54. The summed E-state index contributed by atoms with van der Waals surface area (Å²) < 4.78 is 25.9. The third-order valence-electron chi connectivity index (χ3n) is 2.85. The minimum Gasteiger partial charge on any atom is -0.322 e. The lowest BCUT2D eigenvalue weighted by Crippen LogP contribution is -2.14. The molecule has 0 spiro atoms. The maximum Gasteiger partial charge on any atom is 0.239 e. The Kier molecular flexibility index (Phi) is 4.40. The molecule has 0 saturated carbocycles. The summed E-state index contributed by atoms with van der Waals surface area (Å²) in [6.07, 6.45) is 0.780. The van der Waals surface area contributed by atoms with Crippen molar-refractivity contribution in [3.63, 3.8) is 0 Å². The lowest BCUT2D eigenvalue weighted by Gasteiger charge is -2.06. The predicted molar refractivity (Wildman–Crippen MR) is 72.3 cm³/mol.